The number of nitrogens with one attached hydrogen (secondary N) is 1. The molecule has 1 heterocycles. The van der Waals surface area contributed by atoms with Crippen LogP contribution in [0.2, 0.25) is 0 Å². The van der Waals surface area contributed by atoms with Gasteiger partial charge in [-0.1, -0.05) is 25.1 Å². The van der Waals surface area contributed by atoms with Crippen LogP contribution in [0.25, 0.3) is 0 Å². The first-order valence-electron chi connectivity index (χ1n) is 11.8. The molecule has 9 heteroatoms. The minimum Gasteiger partial charge on any atom is -0.460 e. The summed E-state index contributed by atoms with van der Waals surface area (Å²) in [4.78, 5) is 26.2. The highest BCUT2D eigenvalue weighted by Gasteiger charge is 2.59. The molecule has 0 fully saturated rings. The summed E-state index contributed by atoms with van der Waals surface area (Å²) in [5, 5.41) is 14.1. The molecule has 2 atom stereocenters. The lowest BCUT2D eigenvalue weighted by atomic mass is 10.0. The molecule has 0 aromatic heterocycles. The molecule has 2 aromatic carbocycles. The molecule has 0 amide bonds. The fourth-order valence-electron chi connectivity index (χ4n) is 3.77. The smallest absolute Gasteiger partial charge is 0.453 e. The number of aliphatic hydroxyl groups excluding tert-OH is 1. The van der Waals surface area contributed by atoms with E-state index in [0.717, 1.165) is 22.4 Å². The summed E-state index contributed by atoms with van der Waals surface area (Å²) in [6.07, 6.45) is 2.87. The molecular formula is C26H33NO7S. The highest BCUT2D eigenvalue weighted by molar-refractivity contribution is 7.98. The molecule has 2 N–H and O–H groups in total. The molecular weight excluding hydrogens is 470 g/mol. The second-order valence-corrected chi connectivity index (χ2v) is 8.93. The summed E-state index contributed by atoms with van der Waals surface area (Å²) in [5.41, 5.74) is 1.80. The average Bonchev–Trinajstić information content (AvgIpc) is 3.27. The summed E-state index contributed by atoms with van der Waals surface area (Å²) in [5.74, 6) is -3.68. The Bertz CT molecular complexity index is 1010. The van der Waals surface area contributed by atoms with Gasteiger partial charge in [0, 0.05) is 17.5 Å². The van der Waals surface area contributed by atoms with Crippen molar-refractivity contribution in [2.24, 2.45) is 0 Å². The lowest BCUT2D eigenvalue weighted by Crippen LogP contribution is -2.55. The average molecular weight is 504 g/mol. The minimum atomic E-state index is -2.30. The first-order valence-corrected chi connectivity index (χ1v) is 13.0. The number of hydrogen-bond acceptors (Lipinski definition) is 9. The van der Waals surface area contributed by atoms with Gasteiger partial charge >= 0.3 is 17.7 Å². The quantitative estimate of drug-likeness (QED) is 0.255. The minimum absolute atomic E-state index is 0.0611. The van der Waals surface area contributed by atoms with Gasteiger partial charge in [0.15, 0.2) is 11.5 Å². The molecule has 2 unspecified atom stereocenters. The standard InChI is InChI=1S/C26H33NO7S/c1-5-19(27-16-21(28)18-9-8-10-20(15-18)35-4)13-17-11-12-22-23(14-17)34-26(33-22,24(29)31-6-2)25(30)32-7-3/h8-12,14-15,19,21,27-28H,5-7,13,16H2,1-4H3. The number of benzene rings is 2. The van der Waals surface area contributed by atoms with Gasteiger partial charge in [-0.25, -0.2) is 9.59 Å². The van der Waals surface area contributed by atoms with Gasteiger partial charge in [-0.2, -0.15) is 0 Å². The van der Waals surface area contributed by atoms with Gasteiger partial charge in [0.25, 0.3) is 0 Å². The van der Waals surface area contributed by atoms with E-state index in [0.29, 0.717) is 13.0 Å². The van der Waals surface area contributed by atoms with Gasteiger partial charge in [-0.3, -0.25) is 0 Å². The van der Waals surface area contributed by atoms with E-state index in [-0.39, 0.29) is 30.8 Å². The van der Waals surface area contributed by atoms with Crippen molar-refractivity contribution in [3.8, 4) is 11.5 Å². The third-order valence-corrected chi connectivity index (χ3v) is 6.38. The molecule has 1 aliphatic rings. The van der Waals surface area contributed by atoms with Crippen molar-refractivity contribution in [3.63, 3.8) is 0 Å². The van der Waals surface area contributed by atoms with Crippen molar-refractivity contribution in [1.82, 2.24) is 5.32 Å². The van der Waals surface area contributed by atoms with Crippen molar-refractivity contribution in [3.05, 3.63) is 53.6 Å². The summed E-state index contributed by atoms with van der Waals surface area (Å²) in [6.45, 7) is 5.86. The number of rotatable bonds is 12. The fraction of sp³-hybridized carbons (Fsp3) is 0.462. The van der Waals surface area contributed by atoms with Crippen molar-refractivity contribution in [2.45, 2.75) is 56.4 Å². The van der Waals surface area contributed by atoms with Crippen LogP contribution in [0, 0.1) is 0 Å². The number of aliphatic hydroxyl groups is 1. The monoisotopic (exact) mass is 503 g/mol. The second-order valence-electron chi connectivity index (χ2n) is 8.05. The normalized spacial score (nSPS) is 15.3. The van der Waals surface area contributed by atoms with E-state index in [1.807, 2.05) is 36.6 Å². The van der Waals surface area contributed by atoms with Gasteiger partial charge in [0.2, 0.25) is 0 Å². The van der Waals surface area contributed by atoms with Crippen molar-refractivity contribution < 1.29 is 33.6 Å². The van der Waals surface area contributed by atoms with Crippen LogP contribution >= 0.6 is 11.8 Å². The van der Waals surface area contributed by atoms with Gasteiger partial charge in [-0.15, -0.1) is 11.8 Å². The number of thioether (sulfide) groups is 1. The van der Waals surface area contributed by atoms with Gasteiger partial charge in [0.1, 0.15) is 0 Å². The van der Waals surface area contributed by atoms with E-state index < -0.39 is 23.8 Å². The first kappa shape index (κ1) is 26.8. The Hall–Kier alpha value is -2.75. The van der Waals surface area contributed by atoms with E-state index in [2.05, 4.69) is 12.2 Å². The van der Waals surface area contributed by atoms with Crippen LogP contribution in [-0.2, 0) is 25.5 Å². The second kappa shape index (κ2) is 12.3. The van der Waals surface area contributed by atoms with E-state index >= 15 is 0 Å². The molecule has 190 valence electrons. The van der Waals surface area contributed by atoms with Crippen molar-refractivity contribution >= 4 is 23.7 Å². The van der Waals surface area contributed by atoms with Gasteiger partial charge < -0.3 is 29.4 Å². The molecule has 8 nitrogen and oxygen atoms in total. The Labute approximate surface area is 210 Å². The van der Waals surface area contributed by atoms with Crippen LogP contribution in [0.1, 0.15) is 44.4 Å². The highest BCUT2D eigenvalue weighted by Crippen LogP contribution is 2.41. The maximum Gasteiger partial charge on any atom is 0.453 e. The topological polar surface area (TPSA) is 103 Å². The Morgan fingerprint density at radius 3 is 2.34 bits per heavy atom. The number of hydrogen-bond donors (Lipinski definition) is 2. The Balaban J connectivity index is 1.68. The molecule has 35 heavy (non-hydrogen) atoms. The van der Waals surface area contributed by atoms with Crippen LogP contribution < -0.4 is 14.8 Å². The largest absolute Gasteiger partial charge is 0.460 e. The number of esters is 2. The van der Waals surface area contributed by atoms with E-state index in [1.165, 1.54) is 0 Å². The van der Waals surface area contributed by atoms with E-state index in [9.17, 15) is 14.7 Å². The predicted molar refractivity (Wildman–Crippen MR) is 133 cm³/mol. The molecule has 2 aromatic rings. The summed E-state index contributed by atoms with van der Waals surface area (Å²) < 4.78 is 21.4. The summed E-state index contributed by atoms with van der Waals surface area (Å²) >= 11 is 1.64. The van der Waals surface area contributed by atoms with Gasteiger partial charge in [0.05, 0.1) is 19.3 Å². The maximum atomic E-state index is 12.6. The van der Waals surface area contributed by atoms with Crippen LogP contribution in [0.15, 0.2) is 47.4 Å². The van der Waals surface area contributed by atoms with E-state index in [4.69, 9.17) is 18.9 Å². The third-order valence-electron chi connectivity index (χ3n) is 5.66. The lowest BCUT2D eigenvalue weighted by molar-refractivity contribution is -0.202. The zero-order valence-corrected chi connectivity index (χ0v) is 21.4. The SMILES string of the molecule is CCOC(=O)C1(C(=O)OCC)Oc2ccc(CC(CC)NCC(O)c3cccc(SC)c3)cc2O1. The van der Waals surface area contributed by atoms with E-state index in [1.54, 1.807) is 37.7 Å². The molecule has 0 bridgehead atoms. The van der Waals surface area contributed by atoms with Gasteiger partial charge in [-0.05, 0) is 68.3 Å². The highest BCUT2D eigenvalue weighted by atomic mass is 32.2. The summed E-state index contributed by atoms with van der Waals surface area (Å²) in [7, 11) is 0. The van der Waals surface area contributed by atoms with Crippen molar-refractivity contribution in [2.75, 3.05) is 26.0 Å². The molecule has 0 spiro atoms. The lowest BCUT2D eigenvalue weighted by Gasteiger charge is -2.22. The maximum absolute atomic E-state index is 12.6. The zero-order chi connectivity index (χ0) is 25.4. The molecule has 0 aliphatic carbocycles. The molecule has 0 saturated carbocycles. The Morgan fingerprint density at radius 1 is 1.03 bits per heavy atom. The van der Waals surface area contributed by atoms with Crippen LogP contribution in [0.3, 0.4) is 0 Å². The fourth-order valence-corrected chi connectivity index (χ4v) is 4.24. The summed E-state index contributed by atoms with van der Waals surface area (Å²) in [6, 6.07) is 13.2. The molecule has 3 rings (SSSR count). The Morgan fingerprint density at radius 2 is 1.71 bits per heavy atom. The molecule has 0 saturated heterocycles. The number of ether oxygens (including phenoxy) is 4. The van der Waals surface area contributed by atoms with Crippen LogP contribution in [0.5, 0.6) is 11.5 Å². The number of fused-ring (bicyclic) bond motifs is 1. The number of carbonyl (C=O) groups excluding carboxylic acids is 2. The third kappa shape index (κ3) is 6.28. The van der Waals surface area contributed by atoms with Crippen LogP contribution in [0.4, 0.5) is 0 Å². The zero-order valence-electron chi connectivity index (χ0n) is 20.5. The van der Waals surface area contributed by atoms with Crippen molar-refractivity contribution in [1.29, 1.82) is 0 Å². The first-order chi connectivity index (χ1) is 16.9. The molecule has 0 radical (unpaired) electrons. The Kier molecular flexibility index (Phi) is 9.42. The van der Waals surface area contributed by atoms with Crippen LogP contribution in [-0.4, -0.2) is 54.9 Å². The number of carbonyl (C=O) groups is 2. The molecule has 1 aliphatic heterocycles. The predicted octanol–water partition coefficient (Wildman–Crippen LogP) is 3.65.